The molecule has 1 saturated heterocycles. The largest absolute Gasteiger partial charge is 0.315 e. The van der Waals surface area contributed by atoms with E-state index in [1.165, 1.54) is 29.3 Å². The van der Waals surface area contributed by atoms with E-state index < -0.39 is 10.8 Å². The fourth-order valence-corrected chi connectivity index (χ4v) is 4.91. The Morgan fingerprint density at radius 2 is 2.07 bits per heavy atom. The summed E-state index contributed by atoms with van der Waals surface area (Å²) in [7, 11) is 2.11. The number of nitrogens with zero attached hydrogens (tertiary/aromatic N) is 3. The summed E-state index contributed by atoms with van der Waals surface area (Å²) in [6, 6.07) is 10.4. The van der Waals surface area contributed by atoms with Crippen molar-refractivity contribution in [1.82, 2.24) is 10.2 Å². The summed E-state index contributed by atoms with van der Waals surface area (Å²) < 4.78 is 0. The smallest absolute Gasteiger partial charge is 0.283 e. The van der Waals surface area contributed by atoms with Gasteiger partial charge in [-0.3, -0.25) is 20.2 Å². The number of halogens is 1. The minimum Gasteiger partial charge on any atom is -0.315 e. The Balaban J connectivity index is 1.64. The molecule has 7 nitrogen and oxygen atoms in total. The maximum atomic E-state index is 12.8. The average molecular weight is 445 g/mol. The number of hydrogen-bond acceptors (Lipinski definition) is 5. The first kappa shape index (κ1) is 20.7. The molecule has 2 aromatic carbocycles. The van der Waals surface area contributed by atoms with Crippen LogP contribution in [-0.2, 0) is 0 Å². The van der Waals surface area contributed by atoms with Gasteiger partial charge in [0.1, 0.15) is 5.56 Å². The van der Waals surface area contributed by atoms with E-state index in [1.807, 2.05) is 17.0 Å². The Labute approximate surface area is 184 Å². The van der Waals surface area contributed by atoms with Crippen LogP contribution in [0.1, 0.15) is 33.8 Å². The van der Waals surface area contributed by atoms with Gasteiger partial charge >= 0.3 is 0 Å². The molecule has 156 valence electrons. The van der Waals surface area contributed by atoms with Crippen LogP contribution >= 0.6 is 23.8 Å². The Bertz CT molecular complexity index is 1060. The normalized spacial score (nSPS) is 20.4. The first-order valence-corrected chi connectivity index (χ1v) is 10.4. The van der Waals surface area contributed by atoms with Gasteiger partial charge in [-0.1, -0.05) is 29.3 Å². The van der Waals surface area contributed by atoms with E-state index in [2.05, 4.69) is 30.3 Å². The maximum Gasteiger partial charge on any atom is 0.283 e. The predicted octanol–water partition coefficient (Wildman–Crippen LogP) is 3.88. The molecular weight excluding hydrogens is 424 g/mol. The van der Waals surface area contributed by atoms with Gasteiger partial charge in [0.05, 0.1) is 4.92 Å². The van der Waals surface area contributed by atoms with E-state index in [1.54, 1.807) is 0 Å². The fourth-order valence-electron chi connectivity index (χ4n) is 4.42. The van der Waals surface area contributed by atoms with Gasteiger partial charge in [-0.05, 0) is 62.9 Å². The lowest BCUT2D eigenvalue weighted by Gasteiger charge is -2.37. The number of likely N-dealkylation sites (tertiary alicyclic amines) is 1. The number of thiocarbonyl (C=S) groups is 1. The van der Waals surface area contributed by atoms with E-state index in [9.17, 15) is 14.9 Å². The summed E-state index contributed by atoms with van der Waals surface area (Å²) in [5, 5.41) is 14.5. The van der Waals surface area contributed by atoms with E-state index in [0.717, 1.165) is 25.2 Å². The molecule has 0 saturated carbocycles. The zero-order valence-corrected chi connectivity index (χ0v) is 18.2. The number of piperidine rings is 1. The number of carbonyl (C=O) groups is 1. The van der Waals surface area contributed by atoms with E-state index >= 15 is 0 Å². The molecule has 30 heavy (non-hydrogen) atoms. The number of carbonyl (C=O) groups excluding carboxylic acids is 1. The maximum absolute atomic E-state index is 12.8. The Kier molecular flexibility index (Phi) is 5.48. The van der Waals surface area contributed by atoms with Crippen LogP contribution in [0.5, 0.6) is 0 Å². The molecule has 2 heterocycles. The minimum atomic E-state index is -0.620. The molecule has 1 amide bonds. The van der Waals surface area contributed by atoms with Gasteiger partial charge in [-0.2, -0.15) is 0 Å². The zero-order valence-electron chi connectivity index (χ0n) is 16.6. The first-order chi connectivity index (χ1) is 14.3. The van der Waals surface area contributed by atoms with Crippen LogP contribution in [0.2, 0.25) is 5.02 Å². The van der Waals surface area contributed by atoms with Gasteiger partial charge in [-0.25, -0.2) is 0 Å². The molecule has 0 unspecified atom stereocenters. The lowest BCUT2D eigenvalue weighted by molar-refractivity contribution is -0.385. The molecule has 4 rings (SSSR count). The van der Waals surface area contributed by atoms with Gasteiger partial charge < -0.3 is 9.80 Å². The van der Waals surface area contributed by atoms with Gasteiger partial charge in [0, 0.05) is 35.3 Å². The van der Waals surface area contributed by atoms with E-state index in [4.69, 9.17) is 23.8 Å². The number of nitro groups is 1. The third kappa shape index (κ3) is 3.66. The number of likely N-dealkylation sites (N-methyl/N-ethyl adjacent to an activating group) is 1. The van der Waals surface area contributed by atoms with Crippen LogP contribution in [0.3, 0.4) is 0 Å². The number of amides is 1. The van der Waals surface area contributed by atoms with Crippen LogP contribution in [0.25, 0.3) is 0 Å². The van der Waals surface area contributed by atoms with Crippen LogP contribution in [0.4, 0.5) is 11.4 Å². The fraction of sp³-hybridized carbons (Fsp3) is 0.333. The Morgan fingerprint density at radius 3 is 2.80 bits per heavy atom. The number of fused-ring (bicyclic) bond motifs is 3. The summed E-state index contributed by atoms with van der Waals surface area (Å²) in [4.78, 5) is 27.9. The molecule has 0 aliphatic carbocycles. The van der Waals surface area contributed by atoms with Gasteiger partial charge in [0.25, 0.3) is 11.6 Å². The second-order valence-corrected chi connectivity index (χ2v) is 8.66. The monoisotopic (exact) mass is 444 g/mol. The van der Waals surface area contributed by atoms with Crippen molar-refractivity contribution in [2.45, 2.75) is 25.3 Å². The van der Waals surface area contributed by atoms with Crippen molar-refractivity contribution in [2.24, 2.45) is 0 Å². The number of benzene rings is 2. The number of aryl methyl sites for hydroxylation is 1. The second-order valence-electron chi connectivity index (χ2n) is 7.83. The number of hydrogen-bond donors (Lipinski definition) is 1. The number of nitrogens with one attached hydrogen (secondary N) is 1. The van der Waals surface area contributed by atoms with Gasteiger partial charge in [0.2, 0.25) is 0 Å². The van der Waals surface area contributed by atoms with Crippen molar-refractivity contribution < 1.29 is 9.72 Å². The first-order valence-electron chi connectivity index (χ1n) is 9.64. The molecule has 2 aliphatic rings. The molecular formula is C21H21ClN4O3S. The molecule has 1 N–H and O–H groups in total. The van der Waals surface area contributed by atoms with Gasteiger partial charge in [-0.15, -0.1) is 0 Å². The lowest BCUT2D eigenvalue weighted by atomic mass is 9.89. The van der Waals surface area contributed by atoms with Crippen LogP contribution < -0.4 is 10.2 Å². The molecule has 0 radical (unpaired) electrons. The van der Waals surface area contributed by atoms with Crippen LogP contribution in [0.15, 0.2) is 36.4 Å². The standard InChI is InChI=1S/C21H21ClN4O3S/c1-12-3-6-17-15(9-12)16-11-24(2)8-7-18(16)25(17)21(30)23-20(27)14-5-4-13(22)10-19(14)26(28)29/h3-6,9-10,16,18H,7-8,11H2,1-2H3,(H,23,27,30)/t16-,18+/m1/s1. The van der Waals surface area contributed by atoms with Crippen LogP contribution in [-0.4, -0.2) is 47.0 Å². The highest BCUT2D eigenvalue weighted by molar-refractivity contribution is 7.80. The number of anilines is 1. The van der Waals surface area contributed by atoms with Crippen LogP contribution in [0, 0.1) is 17.0 Å². The van der Waals surface area contributed by atoms with Crippen molar-refractivity contribution >= 4 is 46.2 Å². The highest BCUT2D eigenvalue weighted by Gasteiger charge is 2.43. The minimum absolute atomic E-state index is 0.0741. The molecule has 2 aromatic rings. The molecule has 0 aromatic heterocycles. The quantitative estimate of drug-likeness (QED) is 0.430. The molecule has 0 bridgehead atoms. The molecule has 2 atom stereocenters. The Morgan fingerprint density at radius 1 is 1.30 bits per heavy atom. The third-order valence-electron chi connectivity index (χ3n) is 5.79. The Hall–Kier alpha value is -2.55. The van der Waals surface area contributed by atoms with Crippen molar-refractivity contribution in [3.8, 4) is 0 Å². The predicted molar refractivity (Wildman–Crippen MR) is 120 cm³/mol. The highest BCUT2D eigenvalue weighted by Crippen LogP contribution is 2.45. The topological polar surface area (TPSA) is 78.7 Å². The zero-order chi connectivity index (χ0) is 21.6. The van der Waals surface area contributed by atoms with Crippen molar-refractivity contribution in [3.05, 3.63) is 68.2 Å². The number of nitro benzene ring substituents is 1. The van der Waals surface area contributed by atoms with Crippen molar-refractivity contribution in [3.63, 3.8) is 0 Å². The van der Waals surface area contributed by atoms with E-state index in [-0.39, 0.29) is 27.4 Å². The van der Waals surface area contributed by atoms with Crippen molar-refractivity contribution in [1.29, 1.82) is 0 Å². The molecule has 2 aliphatic heterocycles. The summed E-state index contributed by atoms with van der Waals surface area (Å²) in [5.74, 6) is -0.327. The van der Waals surface area contributed by atoms with Crippen molar-refractivity contribution in [2.75, 3.05) is 25.0 Å². The summed E-state index contributed by atoms with van der Waals surface area (Å²) in [6.45, 7) is 3.91. The molecule has 9 heteroatoms. The highest BCUT2D eigenvalue weighted by atomic mass is 35.5. The lowest BCUT2D eigenvalue weighted by Crippen LogP contribution is -2.51. The second kappa shape index (κ2) is 7.94. The molecule has 1 fully saturated rings. The number of rotatable bonds is 2. The molecule has 0 spiro atoms. The average Bonchev–Trinajstić information content (AvgIpc) is 3.00. The third-order valence-corrected chi connectivity index (χ3v) is 6.33. The van der Waals surface area contributed by atoms with E-state index in [0.29, 0.717) is 5.92 Å². The summed E-state index contributed by atoms with van der Waals surface area (Å²) in [5.41, 5.74) is 2.96. The SMILES string of the molecule is Cc1ccc2c(c1)[C@H]1CN(C)CC[C@@H]1N2C(=S)NC(=O)c1ccc(Cl)cc1[N+](=O)[O-]. The van der Waals surface area contributed by atoms with Gasteiger partial charge in [0.15, 0.2) is 5.11 Å². The summed E-state index contributed by atoms with van der Waals surface area (Å²) in [6.07, 6.45) is 0.909. The summed E-state index contributed by atoms with van der Waals surface area (Å²) >= 11 is 11.5.